The van der Waals surface area contributed by atoms with Crippen molar-refractivity contribution in [3.8, 4) is 0 Å². The maximum Gasteiger partial charge on any atom is 0.0130 e. The van der Waals surface area contributed by atoms with E-state index in [4.69, 9.17) is 0 Å². The average Bonchev–Trinajstić information content (AvgIpc) is 2.27. The Morgan fingerprint density at radius 2 is 1.80 bits per heavy atom. The van der Waals surface area contributed by atoms with Crippen LogP contribution in [0.2, 0.25) is 0 Å². The molecule has 0 aliphatic heterocycles. The lowest BCUT2D eigenvalue weighted by Crippen LogP contribution is -2.03. The van der Waals surface area contributed by atoms with Crippen molar-refractivity contribution >= 4 is 22.6 Å². The minimum absolute atomic E-state index is 0.880. The molecule has 1 aromatic rings. The lowest BCUT2D eigenvalue weighted by Gasteiger charge is -2.14. The van der Waals surface area contributed by atoms with Crippen LogP contribution in [0.25, 0.3) is 0 Å². The predicted octanol–water partition coefficient (Wildman–Crippen LogP) is 5.05. The lowest BCUT2D eigenvalue weighted by atomic mass is 9.92. The number of benzene rings is 1. The second-order valence-electron chi connectivity index (χ2n) is 4.25. The Kier molecular flexibility index (Phi) is 6.30. The van der Waals surface area contributed by atoms with Gasteiger partial charge in [0.05, 0.1) is 0 Å². The summed E-state index contributed by atoms with van der Waals surface area (Å²) in [7, 11) is 0. The standard InChI is InChI=1S/C14H21I/c1-3-5-6-12(4-2)11-13-7-9-14(15)10-8-13/h7-10,12H,3-6,11H2,1-2H3. The van der Waals surface area contributed by atoms with Crippen molar-refractivity contribution in [3.05, 3.63) is 33.4 Å². The molecule has 0 nitrogen and oxygen atoms in total. The summed E-state index contributed by atoms with van der Waals surface area (Å²) in [6.45, 7) is 4.59. The molecule has 1 rings (SSSR count). The highest BCUT2D eigenvalue weighted by Gasteiger charge is 2.06. The van der Waals surface area contributed by atoms with Gasteiger partial charge in [0.15, 0.2) is 0 Å². The summed E-state index contributed by atoms with van der Waals surface area (Å²) in [6.07, 6.45) is 6.66. The van der Waals surface area contributed by atoms with Crippen LogP contribution in [-0.4, -0.2) is 0 Å². The molecular weight excluding hydrogens is 295 g/mol. The lowest BCUT2D eigenvalue weighted by molar-refractivity contribution is 0.449. The molecule has 84 valence electrons. The molecule has 0 aliphatic carbocycles. The molecule has 15 heavy (non-hydrogen) atoms. The first-order valence-electron chi connectivity index (χ1n) is 6.00. The van der Waals surface area contributed by atoms with Gasteiger partial charge in [-0.05, 0) is 52.6 Å². The van der Waals surface area contributed by atoms with Gasteiger partial charge in [-0.2, -0.15) is 0 Å². The molecule has 0 heterocycles. The van der Waals surface area contributed by atoms with Crippen LogP contribution in [0.1, 0.15) is 45.1 Å². The van der Waals surface area contributed by atoms with E-state index < -0.39 is 0 Å². The van der Waals surface area contributed by atoms with Crippen LogP contribution in [0.5, 0.6) is 0 Å². The summed E-state index contributed by atoms with van der Waals surface area (Å²) < 4.78 is 1.33. The Bertz CT molecular complexity index is 263. The van der Waals surface area contributed by atoms with E-state index >= 15 is 0 Å². The molecule has 0 fully saturated rings. The molecule has 0 saturated carbocycles. The third-order valence-corrected chi connectivity index (χ3v) is 3.70. The third kappa shape index (κ3) is 5.01. The van der Waals surface area contributed by atoms with Crippen molar-refractivity contribution in [3.63, 3.8) is 0 Å². The van der Waals surface area contributed by atoms with Crippen molar-refractivity contribution in [2.45, 2.75) is 46.0 Å². The predicted molar refractivity (Wildman–Crippen MR) is 76.2 cm³/mol. The smallest absolute Gasteiger partial charge is 0.0130 e. The van der Waals surface area contributed by atoms with Crippen LogP contribution in [0.15, 0.2) is 24.3 Å². The Morgan fingerprint density at radius 3 is 2.33 bits per heavy atom. The van der Waals surface area contributed by atoms with Gasteiger partial charge in [0, 0.05) is 3.57 Å². The van der Waals surface area contributed by atoms with Crippen LogP contribution < -0.4 is 0 Å². The van der Waals surface area contributed by atoms with E-state index in [1.54, 1.807) is 0 Å². The highest BCUT2D eigenvalue weighted by molar-refractivity contribution is 14.1. The van der Waals surface area contributed by atoms with Crippen molar-refractivity contribution in [1.29, 1.82) is 0 Å². The molecule has 0 bridgehead atoms. The van der Waals surface area contributed by atoms with E-state index in [0.29, 0.717) is 0 Å². The van der Waals surface area contributed by atoms with Gasteiger partial charge in [-0.25, -0.2) is 0 Å². The SMILES string of the molecule is CCCCC(CC)Cc1ccc(I)cc1. The highest BCUT2D eigenvalue weighted by atomic mass is 127. The molecule has 0 N–H and O–H groups in total. The minimum atomic E-state index is 0.880. The van der Waals surface area contributed by atoms with E-state index in [1.807, 2.05) is 0 Å². The molecule has 0 saturated heterocycles. The maximum absolute atomic E-state index is 2.36. The maximum atomic E-state index is 2.36. The highest BCUT2D eigenvalue weighted by Crippen LogP contribution is 2.19. The average molecular weight is 316 g/mol. The second kappa shape index (κ2) is 7.26. The first-order chi connectivity index (χ1) is 7.26. The summed E-state index contributed by atoms with van der Waals surface area (Å²) in [6, 6.07) is 8.97. The van der Waals surface area contributed by atoms with Gasteiger partial charge in [-0.1, -0.05) is 51.7 Å². The van der Waals surface area contributed by atoms with Gasteiger partial charge in [0.25, 0.3) is 0 Å². The first-order valence-corrected chi connectivity index (χ1v) is 7.08. The fourth-order valence-electron chi connectivity index (χ4n) is 1.90. The van der Waals surface area contributed by atoms with Gasteiger partial charge < -0.3 is 0 Å². The van der Waals surface area contributed by atoms with Crippen LogP contribution in [0, 0.1) is 9.49 Å². The Balaban J connectivity index is 2.47. The number of hydrogen-bond acceptors (Lipinski definition) is 0. The van der Waals surface area contributed by atoms with Gasteiger partial charge >= 0.3 is 0 Å². The molecular formula is C14H21I. The number of unbranched alkanes of at least 4 members (excludes halogenated alkanes) is 1. The molecule has 1 aromatic carbocycles. The van der Waals surface area contributed by atoms with Crippen LogP contribution >= 0.6 is 22.6 Å². The zero-order valence-electron chi connectivity index (χ0n) is 9.80. The van der Waals surface area contributed by atoms with E-state index in [2.05, 4.69) is 60.7 Å². The summed E-state index contributed by atoms with van der Waals surface area (Å²) in [5, 5.41) is 0. The van der Waals surface area contributed by atoms with E-state index in [9.17, 15) is 0 Å². The number of halogens is 1. The monoisotopic (exact) mass is 316 g/mol. The fourth-order valence-corrected chi connectivity index (χ4v) is 2.26. The van der Waals surface area contributed by atoms with Crippen molar-refractivity contribution in [1.82, 2.24) is 0 Å². The molecule has 0 spiro atoms. The molecule has 0 radical (unpaired) electrons. The summed E-state index contributed by atoms with van der Waals surface area (Å²) in [5.41, 5.74) is 1.50. The summed E-state index contributed by atoms with van der Waals surface area (Å²) in [4.78, 5) is 0. The van der Waals surface area contributed by atoms with Gasteiger partial charge in [-0.15, -0.1) is 0 Å². The molecule has 0 aromatic heterocycles. The molecule has 1 atom stereocenters. The van der Waals surface area contributed by atoms with Crippen molar-refractivity contribution < 1.29 is 0 Å². The Morgan fingerprint density at radius 1 is 1.13 bits per heavy atom. The number of rotatable bonds is 6. The van der Waals surface area contributed by atoms with Gasteiger partial charge in [0.2, 0.25) is 0 Å². The minimum Gasteiger partial charge on any atom is -0.0654 e. The van der Waals surface area contributed by atoms with E-state index in [0.717, 1.165) is 5.92 Å². The second-order valence-corrected chi connectivity index (χ2v) is 5.49. The fraction of sp³-hybridized carbons (Fsp3) is 0.571. The van der Waals surface area contributed by atoms with E-state index in [-0.39, 0.29) is 0 Å². The quantitative estimate of drug-likeness (QED) is 0.644. The normalized spacial score (nSPS) is 12.7. The topological polar surface area (TPSA) is 0 Å². The third-order valence-electron chi connectivity index (χ3n) is 2.98. The zero-order valence-corrected chi connectivity index (χ0v) is 12.0. The van der Waals surface area contributed by atoms with E-state index in [1.165, 1.54) is 41.2 Å². The first kappa shape index (κ1) is 13.0. The number of hydrogen-bond donors (Lipinski definition) is 0. The largest absolute Gasteiger partial charge is 0.0654 e. The molecule has 0 aliphatic rings. The molecule has 0 amide bonds. The summed E-state index contributed by atoms with van der Waals surface area (Å²) in [5.74, 6) is 0.880. The Hall–Kier alpha value is -0.0500. The van der Waals surface area contributed by atoms with Crippen molar-refractivity contribution in [2.75, 3.05) is 0 Å². The van der Waals surface area contributed by atoms with Crippen LogP contribution in [-0.2, 0) is 6.42 Å². The van der Waals surface area contributed by atoms with Gasteiger partial charge in [0.1, 0.15) is 0 Å². The van der Waals surface area contributed by atoms with Crippen molar-refractivity contribution in [2.24, 2.45) is 5.92 Å². The Labute approximate surface area is 108 Å². The van der Waals surface area contributed by atoms with Crippen LogP contribution in [0.4, 0.5) is 0 Å². The molecule has 1 unspecified atom stereocenters. The summed E-state index contributed by atoms with van der Waals surface area (Å²) >= 11 is 2.36. The zero-order chi connectivity index (χ0) is 11.1. The van der Waals surface area contributed by atoms with Gasteiger partial charge in [-0.3, -0.25) is 0 Å². The van der Waals surface area contributed by atoms with Crippen LogP contribution in [0.3, 0.4) is 0 Å². The molecule has 1 heteroatoms.